The zero-order valence-corrected chi connectivity index (χ0v) is 19.0. The second-order valence-electron chi connectivity index (χ2n) is 9.52. The first-order chi connectivity index (χ1) is 15.7. The fourth-order valence-electron chi connectivity index (χ4n) is 5.02. The molecule has 2 aliphatic heterocycles. The number of quaternary nitrogens is 1. The van der Waals surface area contributed by atoms with Crippen molar-refractivity contribution in [3.05, 3.63) is 59.7 Å². The quantitative estimate of drug-likeness (QED) is 0.484. The predicted octanol–water partition coefficient (Wildman–Crippen LogP) is 1.28. The van der Waals surface area contributed by atoms with Crippen molar-refractivity contribution in [3.63, 3.8) is 0 Å². The summed E-state index contributed by atoms with van der Waals surface area (Å²) in [5.41, 5.74) is 4.97. The van der Waals surface area contributed by atoms with Crippen LogP contribution < -0.4 is 4.90 Å². The van der Waals surface area contributed by atoms with Crippen LogP contribution in [0.3, 0.4) is 0 Å². The molecule has 4 N–H and O–H groups in total. The van der Waals surface area contributed by atoms with Crippen LogP contribution in [0.1, 0.15) is 17.5 Å². The number of para-hydroxylation sites is 2. The van der Waals surface area contributed by atoms with Gasteiger partial charge in [0.1, 0.15) is 12.2 Å². The maximum absolute atomic E-state index is 11.5. The average Bonchev–Trinajstić information content (AvgIpc) is 2.94. The van der Waals surface area contributed by atoms with Crippen LogP contribution in [-0.2, 0) is 22.4 Å². The third kappa shape index (κ3) is 4.62. The number of anilines is 2. The van der Waals surface area contributed by atoms with Gasteiger partial charge in [-0.05, 0) is 36.1 Å². The number of carboxylic acids is 1. The number of rotatable bonds is 6. The van der Waals surface area contributed by atoms with E-state index in [1.165, 1.54) is 22.5 Å². The molecule has 5 atom stereocenters. The van der Waals surface area contributed by atoms with Crippen LogP contribution in [0, 0.1) is 0 Å². The van der Waals surface area contributed by atoms with Crippen molar-refractivity contribution in [1.82, 2.24) is 0 Å². The lowest BCUT2D eigenvalue weighted by Gasteiger charge is -2.46. The van der Waals surface area contributed by atoms with Gasteiger partial charge in [0, 0.05) is 24.3 Å². The highest BCUT2D eigenvalue weighted by Crippen LogP contribution is 2.36. The summed E-state index contributed by atoms with van der Waals surface area (Å²) in [5, 5.41) is 40.1. The normalized spacial score (nSPS) is 27.4. The average molecular weight is 458 g/mol. The highest BCUT2D eigenvalue weighted by atomic mass is 16.6. The van der Waals surface area contributed by atoms with Crippen LogP contribution >= 0.6 is 0 Å². The smallest absolute Gasteiger partial charge is 0.335 e. The number of ether oxygens (including phenoxy) is 1. The molecule has 2 aromatic carbocycles. The number of aliphatic hydroxyl groups is 3. The van der Waals surface area contributed by atoms with Gasteiger partial charge in [-0.3, -0.25) is 0 Å². The minimum Gasteiger partial charge on any atom is -0.479 e. The minimum atomic E-state index is -1.68. The van der Waals surface area contributed by atoms with E-state index in [2.05, 4.69) is 41.3 Å². The van der Waals surface area contributed by atoms with Crippen molar-refractivity contribution in [2.75, 3.05) is 32.1 Å². The topological polar surface area (TPSA) is 110 Å². The van der Waals surface area contributed by atoms with Gasteiger partial charge in [0.25, 0.3) is 0 Å². The van der Waals surface area contributed by atoms with E-state index in [1.54, 1.807) is 0 Å². The van der Waals surface area contributed by atoms with Crippen molar-refractivity contribution < 1.29 is 34.4 Å². The number of aliphatic hydroxyl groups excluding tert-OH is 3. The van der Waals surface area contributed by atoms with E-state index in [9.17, 15) is 25.2 Å². The lowest BCUT2D eigenvalue weighted by molar-refractivity contribution is -0.944. The fourth-order valence-corrected chi connectivity index (χ4v) is 5.02. The van der Waals surface area contributed by atoms with E-state index in [-0.39, 0.29) is 4.48 Å². The SMILES string of the molecule is C[N+](C)(CCCN1c2ccccc2CCc2ccccc21)[C@@H]1O[C@H](C(=O)O)[C@@H](O)[C@@H](O)[C@H]1O. The van der Waals surface area contributed by atoms with Gasteiger partial charge in [-0.25, -0.2) is 4.79 Å². The van der Waals surface area contributed by atoms with E-state index in [1.807, 2.05) is 26.2 Å². The molecule has 1 fully saturated rings. The zero-order valence-electron chi connectivity index (χ0n) is 19.0. The van der Waals surface area contributed by atoms with Crippen molar-refractivity contribution in [1.29, 1.82) is 0 Å². The molecule has 33 heavy (non-hydrogen) atoms. The molecule has 0 spiro atoms. The highest BCUT2D eigenvalue weighted by Gasteiger charge is 2.52. The van der Waals surface area contributed by atoms with Gasteiger partial charge >= 0.3 is 5.97 Å². The Morgan fingerprint density at radius 1 is 0.939 bits per heavy atom. The number of likely N-dealkylation sites (N-methyl/N-ethyl adjacent to an activating group) is 1. The zero-order chi connectivity index (χ0) is 23.8. The molecular weight excluding hydrogens is 424 g/mol. The molecule has 2 aliphatic rings. The molecule has 0 aromatic heterocycles. The summed E-state index contributed by atoms with van der Waals surface area (Å²) in [6, 6.07) is 16.8. The van der Waals surface area contributed by atoms with E-state index in [0.29, 0.717) is 6.54 Å². The molecule has 2 heterocycles. The molecule has 8 heteroatoms. The summed E-state index contributed by atoms with van der Waals surface area (Å²) < 4.78 is 5.73. The monoisotopic (exact) mass is 457 g/mol. The molecule has 8 nitrogen and oxygen atoms in total. The molecule has 178 valence electrons. The van der Waals surface area contributed by atoms with Gasteiger partial charge in [-0.1, -0.05) is 36.4 Å². The number of carboxylic acid groups (broad SMARTS) is 1. The van der Waals surface area contributed by atoms with Crippen molar-refractivity contribution in [3.8, 4) is 0 Å². The number of fused-ring (bicyclic) bond motifs is 2. The molecular formula is C25H33N2O6+. The first-order valence-corrected chi connectivity index (χ1v) is 11.4. The fraction of sp³-hybridized carbons (Fsp3) is 0.480. The number of hydrogen-bond acceptors (Lipinski definition) is 6. The number of carbonyl (C=O) groups is 1. The van der Waals surface area contributed by atoms with Crippen LogP contribution in [0.25, 0.3) is 0 Å². The van der Waals surface area contributed by atoms with Crippen molar-refractivity contribution >= 4 is 17.3 Å². The molecule has 2 aromatic rings. The van der Waals surface area contributed by atoms with Gasteiger partial charge in [-0.15, -0.1) is 0 Å². The van der Waals surface area contributed by atoms with E-state index >= 15 is 0 Å². The van der Waals surface area contributed by atoms with E-state index in [0.717, 1.165) is 25.8 Å². The van der Waals surface area contributed by atoms with Crippen LogP contribution in [-0.4, -0.2) is 88.7 Å². The van der Waals surface area contributed by atoms with Crippen molar-refractivity contribution in [2.45, 2.75) is 49.9 Å². The molecule has 0 amide bonds. The minimum absolute atomic E-state index is 0.145. The third-order valence-corrected chi connectivity index (χ3v) is 6.87. The van der Waals surface area contributed by atoms with Gasteiger partial charge in [0.2, 0.25) is 6.23 Å². The van der Waals surface area contributed by atoms with Crippen LogP contribution in [0.5, 0.6) is 0 Å². The largest absolute Gasteiger partial charge is 0.479 e. The van der Waals surface area contributed by atoms with Crippen LogP contribution in [0.4, 0.5) is 11.4 Å². The number of nitrogens with zero attached hydrogens (tertiary/aromatic N) is 2. The predicted molar refractivity (Wildman–Crippen MR) is 123 cm³/mol. The summed E-state index contributed by atoms with van der Waals surface area (Å²) in [5.74, 6) is -1.36. The molecule has 0 saturated carbocycles. The second-order valence-corrected chi connectivity index (χ2v) is 9.52. The molecule has 4 rings (SSSR count). The van der Waals surface area contributed by atoms with Crippen LogP contribution in [0.15, 0.2) is 48.5 Å². The Balaban J connectivity index is 1.51. The second kappa shape index (κ2) is 9.40. The lowest BCUT2D eigenvalue weighted by atomic mass is 9.96. The summed E-state index contributed by atoms with van der Waals surface area (Å²) in [7, 11) is 3.67. The Labute approximate surface area is 193 Å². The molecule has 0 bridgehead atoms. The summed E-state index contributed by atoms with van der Waals surface area (Å²) in [6.45, 7) is 1.30. The first-order valence-electron chi connectivity index (χ1n) is 11.4. The maximum atomic E-state index is 11.5. The van der Waals surface area contributed by atoms with Crippen molar-refractivity contribution in [2.24, 2.45) is 0 Å². The van der Waals surface area contributed by atoms with Gasteiger partial charge in [0.05, 0.1) is 20.6 Å². The Kier molecular flexibility index (Phi) is 6.74. The van der Waals surface area contributed by atoms with Crippen LogP contribution in [0.2, 0.25) is 0 Å². The summed E-state index contributed by atoms with van der Waals surface area (Å²) >= 11 is 0. The number of aryl methyl sites for hydroxylation is 2. The Hall–Kier alpha value is -2.49. The van der Waals surface area contributed by atoms with E-state index in [4.69, 9.17) is 4.74 Å². The first kappa shape index (κ1) is 23.7. The third-order valence-electron chi connectivity index (χ3n) is 6.87. The maximum Gasteiger partial charge on any atom is 0.335 e. The highest BCUT2D eigenvalue weighted by molar-refractivity contribution is 5.73. The standard InChI is InChI=1S/C25H32N2O6/c1-27(2,24-22(30)20(28)21(29)23(33-24)25(31)32)15-7-14-26-18-10-5-3-8-16(18)12-13-17-9-4-6-11-19(17)26/h3-6,8-11,20-24,28-30H,7,12-15H2,1-2H3/p+1/t20-,21+,22-,23+,24-/m1/s1. The van der Waals surface area contributed by atoms with E-state index < -0.39 is 36.6 Å². The number of hydrogen-bond donors (Lipinski definition) is 4. The molecule has 0 unspecified atom stereocenters. The van der Waals surface area contributed by atoms with Gasteiger partial charge < -0.3 is 34.5 Å². The Morgan fingerprint density at radius 3 is 2.03 bits per heavy atom. The molecule has 0 aliphatic carbocycles. The van der Waals surface area contributed by atoms with Gasteiger partial charge in [0.15, 0.2) is 12.2 Å². The summed E-state index contributed by atoms with van der Waals surface area (Å²) in [4.78, 5) is 13.8. The summed E-state index contributed by atoms with van der Waals surface area (Å²) in [6.07, 6.45) is -4.55. The molecule has 1 saturated heterocycles. The number of aliphatic carboxylic acids is 1. The molecule has 0 radical (unpaired) electrons. The lowest BCUT2D eigenvalue weighted by Crippen LogP contribution is -2.68. The number of benzene rings is 2. The van der Waals surface area contributed by atoms with Gasteiger partial charge in [-0.2, -0.15) is 0 Å². The Morgan fingerprint density at radius 2 is 1.48 bits per heavy atom. The Bertz CT molecular complexity index is 949.